The van der Waals surface area contributed by atoms with Crippen LogP contribution in [0.5, 0.6) is 0 Å². The molecule has 0 aliphatic heterocycles. The van der Waals surface area contributed by atoms with Crippen LogP contribution >= 0.6 is 15.9 Å². The van der Waals surface area contributed by atoms with Gasteiger partial charge in [0.1, 0.15) is 6.61 Å². The van der Waals surface area contributed by atoms with Gasteiger partial charge in [-0.25, -0.2) is 0 Å². The summed E-state index contributed by atoms with van der Waals surface area (Å²) in [6.45, 7) is 7.86. The molecule has 0 aliphatic rings. The second-order valence-electron chi connectivity index (χ2n) is 5.15. The third kappa shape index (κ3) is 5.19. The average molecular weight is 314 g/mol. The summed E-state index contributed by atoms with van der Waals surface area (Å²) in [4.78, 5) is 12.0. The van der Waals surface area contributed by atoms with Crippen molar-refractivity contribution in [2.24, 2.45) is 0 Å². The Kier molecular flexibility index (Phi) is 5.35. The molecule has 4 heteroatoms. The third-order valence-corrected chi connectivity index (χ3v) is 2.79. The summed E-state index contributed by atoms with van der Waals surface area (Å²) < 4.78 is 5.44. The Morgan fingerprint density at radius 2 is 2.00 bits per heavy atom. The summed E-state index contributed by atoms with van der Waals surface area (Å²) in [5.74, 6) is -0.134. The van der Waals surface area contributed by atoms with Gasteiger partial charge in [0.2, 0.25) is 5.91 Å². The largest absolute Gasteiger partial charge is 0.366 e. The highest BCUT2D eigenvalue weighted by molar-refractivity contribution is 9.09. The summed E-state index contributed by atoms with van der Waals surface area (Å²) in [5, 5.41) is 2.87. The van der Waals surface area contributed by atoms with E-state index in [9.17, 15) is 4.79 Å². The zero-order valence-corrected chi connectivity index (χ0v) is 12.9. The number of carbonyl (C=O) groups is 1. The molecule has 1 rings (SSSR count). The molecule has 1 amide bonds. The van der Waals surface area contributed by atoms with Gasteiger partial charge in [-0.3, -0.25) is 4.79 Å². The van der Waals surface area contributed by atoms with Crippen LogP contribution in [0.25, 0.3) is 0 Å². The second kappa shape index (κ2) is 6.34. The number of alkyl halides is 1. The van der Waals surface area contributed by atoms with Gasteiger partial charge in [-0.1, -0.05) is 34.1 Å². The SMILES string of the molecule is CC(Br)c1ccccc1NC(=O)COC(C)(C)C. The molecule has 1 N–H and O–H groups in total. The fraction of sp³-hybridized carbons (Fsp3) is 0.500. The molecule has 1 unspecified atom stereocenters. The number of halogens is 1. The van der Waals surface area contributed by atoms with Crippen LogP contribution in [-0.2, 0) is 9.53 Å². The number of anilines is 1. The highest BCUT2D eigenvalue weighted by Gasteiger charge is 2.14. The minimum absolute atomic E-state index is 0.0640. The second-order valence-corrected chi connectivity index (χ2v) is 6.53. The number of hydrogen-bond donors (Lipinski definition) is 1. The lowest BCUT2D eigenvalue weighted by molar-refractivity contribution is -0.125. The lowest BCUT2D eigenvalue weighted by atomic mass is 10.1. The first-order valence-corrected chi connectivity index (χ1v) is 6.88. The number of benzene rings is 1. The van der Waals surface area contributed by atoms with E-state index in [2.05, 4.69) is 21.2 Å². The van der Waals surface area contributed by atoms with Crippen molar-refractivity contribution in [1.82, 2.24) is 0 Å². The van der Waals surface area contributed by atoms with E-state index in [0.29, 0.717) is 0 Å². The summed E-state index contributed by atoms with van der Waals surface area (Å²) >= 11 is 3.51. The third-order valence-electron chi connectivity index (χ3n) is 2.30. The minimum Gasteiger partial charge on any atom is -0.366 e. The lowest BCUT2D eigenvalue weighted by Gasteiger charge is -2.19. The van der Waals surface area contributed by atoms with Gasteiger partial charge in [-0.05, 0) is 39.3 Å². The molecule has 0 spiro atoms. The van der Waals surface area contributed by atoms with E-state index < -0.39 is 0 Å². The van der Waals surface area contributed by atoms with Crippen LogP contribution < -0.4 is 5.32 Å². The van der Waals surface area contributed by atoms with Gasteiger partial charge in [0.05, 0.1) is 5.60 Å². The number of rotatable bonds is 4. The van der Waals surface area contributed by atoms with Gasteiger partial charge < -0.3 is 10.1 Å². The first-order valence-electron chi connectivity index (χ1n) is 5.96. The molecule has 0 saturated heterocycles. The van der Waals surface area contributed by atoms with Crippen molar-refractivity contribution in [3.63, 3.8) is 0 Å². The van der Waals surface area contributed by atoms with Crippen molar-refractivity contribution in [1.29, 1.82) is 0 Å². The zero-order chi connectivity index (χ0) is 13.8. The predicted octanol–water partition coefficient (Wildman–Crippen LogP) is 3.90. The molecule has 1 aromatic rings. The van der Waals surface area contributed by atoms with E-state index in [4.69, 9.17) is 4.74 Å². The van der Waals surface area contributed by atoms with Crippen LogP contribution in [0.1, 0.15) is 38.1 Å². The molecular weight excluding hydrogens is 294 g/mol. The fourth-order valence-electron chi connectivity index (χ4n) is 1.43. The molecule has 1 aromatic carbocycles. The predicted molar refractivity (Wildman–Crippen MR) is 78.1 cm³/mol. The van der Waals surface area contributed by atoms with E-state index >= 15 is 0 Å². The molecule has 0 heterocycles. The number of amides is 1. The number of carbonyl (C=O) groups excluding carboxylic acids is 1. The molecule has 3 nitrogen and oxygen atoms in total. The number of hydrogen-bond acceptors (Lipinski definition) is 2. The monoisotopic (exact) mass is 313 g/mol. The molecule has 0 aromatic heterocycles. The Labute approximate surface area is 117 Å². The smallest absolute Gasteiger partial charge is 0.250 e. The Hall–Kier alpha value is -0.870. The maximum Gasteiger partial charge on any atom is 0.250 e. The van der Waals surface area contributed by atoms with Crippen molar-refractivity contribution in [3.8, 4) is 0 Å². The van der Waals surface area contributed by atoms with Crippen LogP contribution in [-0.4, -0.2) is 18.1 Å². The van der Waals surface area contributed by atoms with Crippen molar-refractivity contribution in [2.75, 3.05) is 11.9 Å². The Balaban J connectivity index is 2.65. The maximum atomic E-state index is 11.8. The lowest BCUT2D eigenvalue weighted by Crippen LogP contribution is -2.27. The molecule has 18 heavy (non-hydrogen) atoms. The number of para-hydroxylation sites is 1. The van der Waals surface area contributed by atoms with Crippen LogP contribution in [0, 0.1) is 0 Å². The number of ether oxygens (including phenoxy) is 1. The van der Waals surface area contributed by atoms with E-state index in [0.717, 1.165) is 11.3 Å². The Bertz CT molecular complexity index is 411. The highest BCUT2D eigenvalue weighted by atomic mass is 79.9. The van der Waals surface area contributed by atoms with Gasteiger partial charge in [0, 0.05) is 10.5 Å². The van der Waals surface area contributed by atoms with E-state index in [1.165, 1.54) is 0 Å². The Morgan fingerprint density at radius 1 is 1.39 bits per heavy atom. The minimum atomic E-state index is -0.306. The van der Waals surface area contributed by atoms with Crippen molar-refractivity contribution in [2.45, 2.75) is 38.1 Å². The summed E-state index contributed by atoms with van der Waals surface area (Å²) in [6.07, 6.45) is 0. The highest BCUT2D eigenvalue weighted by Crippen LogP contribution is 2.28. The summed E-state index contributed by atoms with van der Waals surface area (Å²) in [7, 11) is 0. The van der Waals surface area contributed by atoms with E-state index in [-0.39, 0.29) is 22.9 Å². The topological polar surface area (TPSA) is 38.3 Å². The van der Waals surface area contributed by atoms with Gasteiger partial charge in [-0.2, -0.15) is 0 Å². The molecule has 0 fully saturated rings. The van der Waals surface area contributed by atoms with Crippen LogP contribution in [0.2, 0.25) is 0 Å². The fourth-order valence-corrected chi connectivity index (χ4v) is 1.83. The van der Waals surface area contributed by atoms with Gasteiger partial charge in [0.15, 0.2) is 0 Å². The zero-order valence-electron chi connectivity index (χ0n) is 11.3. The quantitative estimate of drug-likeness (QED) is 0.856. The molecular formula is C14H20BrNO2. The molecule has 0 radical (unpaired) electrons. The van der Waals surface area contributed by atoms with Crippen molar-refractivity contribution in [3.05, 3.63) is 29.8 Å². The molecule has 0 bridgehead atoms. The van der Waals surface area contributed by atoms with Crippen molar-refractivity contribution < 1.29 is 9.53 Å². The first-order chi connectivity index (χ1) is 8.29. The van der Waals surface area contributed by atoms with Crippen LogP contribution in [0.15, 0.2) is 24.3 Å². The standard InChI is InChI=1S/C14H20BrNO2/c1-10(15)11-7-5-6-8-12(11)16-13(17)9-18-14(2,3)4/h5-8,10H,9H2,1-4H3,(H,16,17). The molecule has 1 atom stereocenters. The van der Waals surface area contributed by atoms with Gasteiger partial charge in [-0.15, -0.1) is 0 Å². The molecule has 0 saturated carbocycles. The average Bonchev–Trinajstić information content (AvgIpc) is 2.26. The van der Waals surface area contributed by atoms with E-state index in [1.807, 2.05) is 52.0 Å². The number of nitrogens with one attached hydrogen (secondary N) is 1. The maximum absolute atomic E-state index is 11.8. The van der Waals surface area contributed by atoms with Crippen LogP contribution in [0.3, 0.4) is 0 Å². The normalized spacial score (nSPS) is 13.2. The summed E-state index contributed by atoms with van der Waals surface area (Å²) in [6, 6.07) is 7.73. The van der Waals surface area contributed by atoms with Crippen LogP contribution in [0.4, 0.5) is 5.69 Å². The van der Waals surface area contributed by atoms with Gasteiger partial charge in [0.25, 0.3) is 0 Å². The van der Waals surface area contributed by atoms with Crippen molar-refractivity contribution >= 4 is 27.5 Å². The first kappa shape index (κ1) is 15.2. The molecule has 100 valence electrons. The van der Waals surface area contributed by atoms with E-state index in [1.54, 1.807) is 0 Å². The van der Waals surface area contributed by atoms with Gasteiger partial charge >= 0.3 is 0 Å². The summed E-state index contributed by atoms with van der Waals surface area (Å²) in [5.41, 5.74) is 1.57. The molecule has 0 aliphatic carbocycles. The Morgan fingerprint density at radius 3 is 2.56 bits per heavy atom.